The molecule has 0 aliphatic heterocycles. The third kappa shape index (κ3) is 3.13. The lowest BCUT2D eigenvalue weighted by molar-refractivity contribution is -0.114. The lowest BCUT2D eigenvalue weighted by atomic mass is 10.1. The quantitative estimate of drug-likeness (QED) is 0.913. The molecule has 0 aliphatic rings. The van der Waals surface area contributed by atoms with Crippen molar-refractivity contribution in [1.82, 2.24) is 0 Å². The van der Waals surface area contributed by atoms with E-state index >= 15 is 0 Å². The molecular weight excluding hydrogens is 284 g/mol. The number of nitrogens with one attached hydrogen (secondary N) is 1. The first-order valence-electron chi connectivity index (χ1n) is 5.44. The zero-order valence-corrected chi connectivity index (χ0v) is 11.6. The fraction of sp³-hybridized carbons (Fsp3) is 0.0769. The predicted molar refractivity (Wildman–Crippen MR) is 77.6 cm³/mol. The van der Waals surface area contributed by atoms with Gasteiger partial charge in [0.1, 0.15) is 5.00 Å². The summed E-state index contributed by atoms with van der Waals surface area (Å²) in [6, 6.07) is 8.90. The van der Waals surface area contributed by atoms with Crippen LogP contribution in [0.15, 0.2) is 30.3 Å². The first kappa shape index (κ1) is 13.6. The van der Waals surface area contributed by atoms with E-state index in [0.29, 0.717) is 15.6 Å². The SMILES string of the molecule is CC(=O)Nc1sc(-c2cccc(Cl)c2)cc1C(N)=O. The molecular formula is C13H11ClN2O2S. The average molecular weight is 295 g/mol. The van der Waals surface area contributed by atoms with Crippen LogP contribution in [0.5, 0.6) is 0 Å². The van der Waals surface area contributed by atoms with Crippen LogP contribution in [-0.2, 0) is 4.79 Å². The molecule has 0 saturated heterocycles. The van der Waals surface area contributed by atoms with Crippen LogP contribution in [0.1, 0.15) is 17.3 Å². The Morgan fingerprint density at radius 1 is 1.32 bits per heavy atom. The average Bonchev–Trinajstić information content (AvgIpc) is 2.72. The molecule has 0 saturated carbocycles. The Hall–Kier alpha value is -1.85. The molecule has 4 nitrogen and oxygen atoms in total. The number of thiophene rings is 1. The van der Waals surface area contributed by atoms with Gasteiger partial charge >= 0.3 is 0 Å². The highest BCUT2D eigenvalue weighted by Gasteiger charge is 2.15. The van der Waals surface area contributed by atoms with Crippen molar-refractivity contribution in [3.63, 3.8) is 0 Å². The summed E-state index contributed by atoms with van der Waals surface area (Å²) in [5.74, 6) is -0.824. The molecule has 0 aliphatic carbocycles. The Kier molecular flexibility index (Phi) is 3.87. The van der Waals surface area contributed by atoms with Crippen LogP contribution in [-0.4, -0.2) is 11.8 Å². The monoisotopic (exact) mass is 294 g/mol. The van der Waals surface area contributed by atoms with Gasteiger partial charge in [-0.3, -0.25) is 9.59 Å². The van der Waals surface area contributed by atoms with Crippen molar-refractivity contribution in [1.29, 1.82) is 0 Å². The molecule has 98 valence electrons. The lowest BCUT2D eigenvalue weighted by Crippen LogP contribution is -2.14. The summed E-state index contributed by atoms with van der Waals surface area (Å²) in [4.78, 5) is 23.3. The maximum Gasteiger partial charge on any atom is 0.251 e. The van der Waals surface area contributed by atoms with E-state index in [9.17, 15) is 9.59 Å². The molecule has 2 rings (SSSR count). The van der Waals surface area contributed by atoms with Crippen molar-refractivity contribution in [2.45, 2.75) is 6.92 Å². The van der Waals surface area contributed by atoms with Gasteiger partial charge in [-0.1, -0.05) is 23.7 Å². The van der Waals surface area contributed by atoms with Crippen LogP contribution in [0.3, 0.4) is 0 Å². The highest BCUT2D eigenvalue weighted by molar-refractivity contribution is 7.20. The van der Waals surface area contributed by atoms with Crippen molar-refractivity contribution >= 4 is 39.8 Å². The van der Waals surface area contributed by atoms with E-state index in [2.05, 4.69) is 5.32 Å². The maximum absolute atomic E-state index is 11.4. The number of hydrogen-bond acceptors (Lipinski definition) is 3. The minimum atomic E-state index is -0.576. The van der Waals surface area contributed by atoms with Gasteiger partial charge in [0.25, 0.3) is 5.91 Å². The molecule has 0 atom stereocenters. The first-order valence-corrected chi connectivity index (χ1v) is 6.64. The molecule has 0 unspecified atom stereocenters. The Bertz CT molecular complexity index is 652. The normalized spacial score (nSPS) is 10.2. The maximum atomic E-state index is 11.4. The summed E-state index contributed by atoms with van der Waals surface area (Å²) in [7, 11) is 0. The van der Waals surface area contributed by atoms with E-state index in [1.807, 2.05) is 12.1 Å². The smallest absolute Gasteiger partial charge is 0.251 e. The Morgan fingerprint density at radius 2 is 2.05 bits per heavy atom. The van der Waals surface area contributed by atoms with Gasteiger partial charge in [0.05, 0.1) is 5.56 Å². The number of nitrogens with two attached hydrogens (primary N) is 1. The number of amides is 2. The molecule has 6 heteroatoms. The molecule has 0 fully saturated rings. The lowest BCUT2D eigenvalue weighted by Gasteiger charge is -1.99. The van der Waals surface area contributed by atoms with Crippen LogP contribution in [0.2, 0.25) is 5.02 Å². The highest BCUT2D eigenvalue weighted by Crippen LogP contribution is 2.36. The van der Waals surface area contributed by atoms with Gasteiger partial charge in [-0.2, -0.15) is 0 Å². The highest BCUT2D eigenvalue weighted by atomic mass is 35.5. The third-order valence-electron chi connectivity index (χ3n) is 2.40. The summed E-state index contributed by atoms with van der Waals surface area (Å²) >= 11 is 7.22. The van der Waals surface area contributed by atoms with Gasteiger partial charge in [0, 0.05) is 16.8 Å². The van der Waals surface area contributed by atoms with Gasteiger partial charge in [0.15, 0.2) is 0 Å². The number of benzene rings is 1. The summed E-state index contributed by atoms with van der Waals surface area (Å²) < 4.78 is 0. The fourth-order valence-electron chi connectivity index (χ4n) is 1.61. The minimum absolute atomic E-state index is 0.248. The minimum Gasteiger partial charge on any atom is -0.366 e. The topological polar surface area (TPSA) is 72.2 Å². The molecule has 19 heavy (non-hydrogen) atoms. The van der Waals surface area contributed by atoms with Crippen LogP contribution in [0.4, 0.5) is 5.00 Å². The van der Waals surface area contributed by atoms with E-state index in [4.69, 9.17) is 17.3 Å². The second-order valence-corrected chi connectivity index (χ2v) is 5.40. The Morgan fingerprint density at radius 3 is 2.63 bits per heavy atom. The molecule has 1 aromatic heterocycles. The largest absolute Gasteiger partial charge is 0.366 e. The predicted octanol–water partition coefficient (Wildman–Crippen LogP) is 3.13. The zero-order chi connectivity index (χ0) is 14.0. The number of halogens is 1. The van der Waals surface area contributed by atoms with Crippen molar-refractivity contribution in [2.75, 3.05) is 5.32 Å². The van der Waals surface area contributed by atoms with Gasteiger partial charge < -0.3 is 11.1 Å². The van der Waals surface area contributed by atoms with Gasteiger partial charge in [-0.05, 0) is 23.8 Å². The second-order valence-electron chi connectivity index (χ2n) is 3.91. The second kappa shape index (κ2) is 5.42. The summed E-state index contributed by atoms with van der Waals surface area (Å²) in [6.45, 7) is 1.38. The van der Waals surface area contributed by atoms with Crippen LogP contribution < -0.4 is 11.1 Å². The molecule has 1 heterocycles. The van der Waals surface area contributed by atoms with Crippen LogP contribution in [0, 0.1) is 0 Å². The molecule has 2 amide bonds. The summed E-state index contributed by atoms with van der Waals surface area (Å²) in [5, 5.41) is 3.66. The number of carbonyl (C=O) groups is 2. The van der Waals surface area contributed by atoms with Crippen molar-refractivity contribution in [2.24, 2.45) is 5.73 Å². The van der Waals surface area contributed by atoms with Crippen molar-refractivity contribution in [3.8, 4) is 10.4 Å². The summed E-state index contributed by atoms with van der Waals surface area (Å²) in [6.07, 6.45) is 0. The van der Waals surface area contributed by atoms with Gasteiger partial charge in [-0.15, -0.1) is 11.3 Å². The molecule has 0 spiro atoms. The van der Waals surface area contributed by atoms with E-state index in [0.717, 1.165) is 10.4 Å². The van der Waals surface area contributed by atoms with Crippen molar-refractivity contribution < 1.29 is 9.59 Å². The number of primary amides is 1. The number of hydrogen-bond donors (Lipinski definition) is 2. The first-order chi connectivity index (χ1) is 8.97. The van der Waals surface area contributed by atoms with E-state index < -0.39 is 5.91 Å². The van der Waals surface area contributed by atoms with Crippen molar-refractivity contribution in [3.05, 3.63) is 40.9 Å². The molecule has 0 radical (unpaired) electrons. The third-order valence-corrected chi connectivity index (χ3v) is 3.73. The van der Waals surface area contributed by atoms with Gasteiger partial charge in [0.2, 0.25) is 5.91 Å². The molecule has 0 bridgehead atoms. The summed E-state index contributed by atoms with van der Waals surface area (Å²) in [5.41, 5.74) is 6.47. The molecule has 3 N–H and O–H groups in total. The van der Waals surface area contributed by atoms with Crippen LogP contribution in [0.25, 0.3) is 10.4 Å². The molecule has 1 aromatic carbocycles. The van der Waals surface area contributed by atoms with E-state index in [1.165, 1.54) is 18.3 Å². The standard InChI is InChI=1S/C13H11ClN2O2S/c1-7(17)16-13-10(12(15)18)6-11(19-13)8-3-2-4-9(14)5-8/h2-6H,1H3,(H2,15,18)(H,16,17). The van der Waals surface area contributed by atoms with E-state index in [-0.39, 0.29) is 5.91 Å². The Balaban J connectivity index is 2.48. The number of anilines is 1. The zero-order valence-electron chi connectivity index (χ0n) is 10.1. The van der Waals surface area contributed by atoms with Crippen LogP contribution >= 0.6 is 22.9 Å². The van der Waals surface area contributed by atoms with Gasteiger partial charge in [-0.25, -0.2) is 0 Å². The number of carbonyl (C=O) groups excluding carboxylic acids is 2. The number of rotatable bonds is 3. The van der Waals surface area contributed by atoms with E-state index in [1.54, 1.807) is 18.2 Å². The fourth-order valence-corrected chi connectivity index (χ4v) is 2.91. The molecule has 2 aromatic rings. The Labute approximate surface area is 119 Å².